The standard InChI is InChI=1S/C13H15N7/c14-18-15-11-7-6-10(8-12-16-19-20-17-12)13(11)9-4-2-1-3-5-9/h1-5,10-11,13H,6-8H2,(H,16,17,19,20). The summed E-state index contributed by atoms with van der Waals surface area (Å²) in [5, 5.41) is 18.1. The van der Waals surface area contributed by atoms with Crippen LogP contribution in [0.4, 0.5) is 0 Å². The van der Waals surface area contributed by atoms with Gasteiger partial charge < -0.3 is 0 Å². The van der Waals surface area contributed by atoms with Crippen molar-refractivity contribution in [1.82, 2.24) is 20.6 Å². The Morgan fingerprint density at radius 3 is 2.85 bits per heavy atom. The number of tetrazole rings is 1. The molecule has 3 atom stereocenters. The van der Waals surface area contributed by atoms with Gasteiger partial charge >= 0.3 is 0 Å². The highest BCUT2D eigenvalue weighted by Crippen LogP contribution is 2.42. The summed E-state index contributed by atoms with van der Waals surface area (Å²) < 4.78 is 0. The summed E-state index contributed by atoms with van der Waals surface area (Å²) in [6.07, 6.45) is 2.68. The fraction of sp³-hybridized carbons (Fsp3) is 0.462. The number of aromatic amines is 1. The number of hydrogen-bond donors (Lipinski definition) is 1. The van der Waals surface area contributed by atoms with E-state index in [4.69, 9.17) is 5.53 Å². The first-order valence-corrected chi connectivity index (χ1v) is 6.70. The lowest BCUT2D eigenvalue weighted by molar-refractivity contribution is 0.451. The van der Waals surface area contributed by atoms with E-state index in [0.717, 1.165) is 25.1 Å². The van der Waals surface area contributed by atoms with Gasteiger partial charge in [-0.1, -0.05) is 40.7 Å². The maximum Gasteiger partial charge on any atom is 0.174 e. The highest BCUT2D eigenvalue weighted by molar-refractivity contribution is 5.24. The van der Waals surface area contributed by atoms with Crippen molar-refractivity contribution in [2.24, 2.45) is 11.0 Å². The van der Waals surface area contributed by atoms with E-state index in [2.05, 4.69) is 42.8 Å². The lowest BCUT2D eigenvalue weighted by Crippen LogP contribution is -2.17. The zero-order valence-electron chi connectivity index (χ0n) is 10.9. The molecule has 7 nitrogen and oxygen atoms in total. The molecule has 1 aromatic carbocycles. The predicted octanol–water partition coefficient (Wildman–Crippen LogP) is 2.61. The topological polar surface area (TPSA) is 103 Å². The second kappa shape index (κ2) is 5.71. The Bertz CT molecular complexity index is 588. The number of hydrogen-bond acceptors (Lipinski definition) is 4. The van der Waals surface area contributed by atoms with Crippen molar-refractivity contribution in [2.75, 3.05) is 0 Å². The molecule has 1 saturated carbocycles. The van der Waals surface area contributed by atoms with Crippen molar-refractivity contribution in [3.05, 3.63) is 52.2 Å². The van der Waals surface area contributed by atoms with Crippen LogP contribution in [0, 0.1) is 5.92 Å². The highest BCUT2D eigenvalue weighted by Gasteiger charge is 2.37. The number of nitrogens with one attached hydrogen (secondary N) is 1. The zero-order valence-corrected chi connectivity index (χ0v) is 10.9. The fourth-order valence-electron chi connectivity index (χ4n) is 3.16. The molecule has 0 bridgehead atoms. The van der Waals surface area contributed by atoms with Crippen LogP contribution in [-0.4, -0.2) is 26.7 Å². The van der Waals surface area contributed by atoms with E-state index in [1.54, 1.807) is 0 Å². The van der Waals surface area contributed by atoms with Gasteiger partial charge in [0, 0.05) is 17.4 Å². The molecule has 1 fully saturated rings. The van der Waals surface area contributed by atoms with Crippen LogP contribution < -0.4 is 0 Å². The maximum absolute atomic E-state index is 8.75. The Morgan fingerprint density at radius 2 is 2.15 bits per heavy atom. The van der Waals surface area contributed by atoms with Crippen LogP contribution in [0.25, 0.3) is 10.4 Å². The molecule has 0 spiro atoms. The molecule has 1 aliphatic carbocycles. The van der Waals surface area contributed by atoms with E-state index in [-0.39, 0.29) is 12.0 Å². The largest absolute Gasteiger partial charge is 0.177 e. The second-order valence-corrected chi connectivity index (χ2v) is 5.08. The molecule has 3 rings (SSSR count). The second-order valence-electron chi connectivity index (χ2n) is 5.08. The third-order valence-corrected chi connectivity index (χ3v) is 3.97. The third-order valence-electron chi connectivity index (χ3n) is 3.97. The molecule has 3 unspecified atom stereocenters. The quantitative estimate of drug-likeness (QED) is 0.524. The number of rotatable bonds is 4. The van der Waals surface area contributed by atoms with Crippen LogP contribution in [0.2, 0.25) is 0 Å². The van der Waals surface area contributed by atoms with E-state index >= 15 is 0 Å². The average Bonchev–Trinajstić information content (AvgIpc) is 3.11. The summed E-state index contributed by atoms with van der Waals surface area (Å²) in [7, 11) is 0. The minimum atomic E-state index is 0.0132. The van der Waals surface area contributed by atoms with Crippen LogP contribution in [0.3, 0.4) is 0 Å². The summed E-state index contributed by atoms with van der Waals surface area (Å²) in [5.74, 6) is 1.33. The van der Waals surface area contributed by atoms with Crippen LogP contribution in [0.15, 0.2) is 35.4 Å². The van der Waals surface area contributed by atoms with Gasteiger partial charge in [0.25, 0.3) is 0 Å². The van der Waals surface area contributed by atoms with Crippen molar-refractivity contribution in [3.8, 4) is 0 Å². The Labute approximate surface area is 116 Å². The molecule has 2 aromatic rings. The van der Waals surface area contributed by atoms with Gasteiger partial charge in [-0.2, -0.15) is 5.21 Å². The third kappa shape index (κ3) is 2.48. The van der Waals surface area contributed by atoms with Gasteiger partial charge in [-0.3, -0.25) is 0 Å². The van der Waals surface area contributed by atoms with E-state index < -0.39 is 0 Å². The molecule has 102 valence electrons. The molecule has 0 aliphatic heterocycles. The van der Waals surface area contributed by atoms with E-state index in [1.807, 2.05) is 18.2 Å². The molecule has 7 heteroatoms. The number of azide groups is 1. The molecular formula is C13H15N7. The van der Waals surface area contributed by atoms with Gasteiger partial charge in [0.15, 0.2) is 5.82 Å². The van der Waals surface area contributed by atoms with Crippen LogP contribution >= 0.6 is 0 Å². The summed E-state index contributed by atoms with van der Waals surface area (Å²) in [4.78, 5) is 3.00. The molecule has 1 N–H and O–H groups in total. The molecule has 1 heterocycles. The van der Waals surface area contributed by atoms with Crippen molar-refractivity contribution in [3.63, 3.8) is 0 Å². The number of nitrogens with zero attached hydrogens (tertiary/aromatic N) is 6. The van der Waals surface area contributed by atoms with Gasteiger partial charge in [0.05, 0.1) is 0 Å². The first kappa shape index (κ1) is 12.6. The van der Waals surface area contributed by atoms with Gasteiger partial charge in [-0.25, -0.2) is 0 Å². The minimum absolute atomic E-state index is 0.0132. The Balaban J connectivity index is 1.87. The normalized spacial score (nSPS) is 25.3. The van der Waals surface area contributed by atoms with E-state index in [9.17, 15) is 0 Å². The van der Waals surface area contributed by atoms with E-state index in [1.165, 1.54) is 5.56 Å². The summed E-state index contributed by atoms with van der Waals surface area (Å²) in [6.45, 7) is 0. The number of aromatic nitrogens is 4. The van der Waals surface area contributed by atoms with Gasteiger partial charge in [-0.05, 0) is 35.8 Å². The van der Waals surface area contributed by atoms with Crippen molar-refractivity contribution < 1.29 is 0 Å². The van der Waals surface area contributed by atoms with Crippen molar-refractivity contribution in [1.29, 1.82) is 0 Å². The number of benzene rings is 1. The van der Waals surface area contributed by atoms with Gasteiger partial charge in [-0.15, -0.1) is 10.2 Å². The first-order chi connectivity index (χ1) is 9.88. The average molecular weight is 269 g/mol. The van der Waals surface area contributed by atoms with Crippen LogP contribution in [-0.2, 0) is 6.42 Å². The Morgan fingerprint density at radius 1 is 1.30 bits per heavy atom. The minimum Gasteiger partial charge on any atom is -0.177 e. The number of H-pyrrole nitrogens is 1. The Hall–Kier alpha value is -2.40. The van der Waals surface area contributed by atoms with Crippen molar-refractivity contribution in [2.45, 2.75) is 31.2 Å². The summed E-state index contributed by atoms with van der Waals surface area (Å²) in [6, 6.07) is 10.2. The van der Waals surface area contributed by atoms with Gasteiger partial charge in [0.2, 0.25) is 0 Å². The molecule has 1 aliphatic rings. The summed E-state index contributed by atoms with van der Waals surface area (Å²) in [5.41, 5.74) is 9.97. The SMILES string of the molecule is [N-]=[N+]=NC1CCC(Cc2nn[nH]n2)C1c1ccccc1. The van der Waals surface area contributed by atoms with Gasteiger partial charge in [0.1, 0.15) is 0 Å². The highest BCUT2D eigenvalue weighted by atomic mass is 15.5. The molecule has 1 aromatic heterocycles. The maximum atomic E-state index is 8.75. The molecule has 0 saturated heterocycles. The molecule has 20 heavy (non-hydrogen) atoms. The lowest BCUT2D eigenvalue weighted by Gasteiger charge is -2.22. The lowest BCUT2D eigenvalue weighted by atomic mass is 9.85. The van der Waals surface area contributed by atoms with E-state index in [0.29, 0.717) is 5.92 Å². The first-order valence-electron chi connectivity index (χ1n) is 6.70. The summed E-state index contributed by atoms with van der Waals surface area (Å²) >= 11 is 0. The molecular weight excluding hydrogens is 254 g/mol. The Kier molecular flexibility index (Phi) is 3.60. The van der Waals surface area contributed by atoms with Crippen molar-refractivity contribution >= 4 is 0 Å². The smallest absolute Gasteiger partial charge is 0.174 e. The zero-order chi connectivity index (χ0) is 13.8. The predicted molar refractivity (Wildman–Crippen MR) is 72.7 cm³/mol. The molecule has 0 radical (unpaired) electrons. The van der Waals surface area contributed by atoms with Crippen LogP contribution in [0.5, 0.6) is 0 Å². The van der Waals surface area contributed by atoms with Crippen LogP contribution in [0.1, 0.15) is 30.1 Å². The molecule has 0 amide bonds. The monoisotopic (exact) mass is 269 g/mol. The fourth-order valence-corrected chi connectivity index (χ4v) is 3.16.